The molecular weight excluding hydrogens is 562 g/mol. The summed E-state index contributed by atoms with van der Waals surface area (Å²) in [5.41, 5.74) is 2.92. The Kier molecular flexibility index (Phi) is 8.99. The molecule has 0 bridgehead atoms. The average Bonchev–Trinajstić information content (AvgIpc) is 2.93. The third kappa shape index (κ3) is 7.44. The standard InChI is InChI=1S/C30H31N3O6S2/c1-4-39-27-14-18-29(19-15-27)41(37,38)33(26-12-8-22(2)9-13-26)21-30(34)31-24-10-16-28(17-11-24)40(35,36)32-25-7-5-6-23(3)20-25/h5-20,32H,4,21H2,1-3H3,(H,31,34). The Bertz CT molecular complexity index is 1720. The molecule has 0 heterocycles. The molecule has 0 radical (unpaired) electrons. The normalized spacial score (nSPS) is 11.5. The number of anilines is 3. The highest BCUT2D eigenvalue weighted by molar-refractivity contribution is 7.93. The second-order valence-corrected chi connectivity index (χ2v) is 12.8. The Morgan fingerprint density at radius 3 is 2.00 bits per heavy atom. The highest BCUT2D eigenvalue weighted by Gasteiger charge is 2.27. The van der Waals surface area contributed by atoms with Crippen LogP contribution in [0.1, 0.15) is 18.1 Å². The van der Waals surface area contributed by atoms with Crippen LogP contribution in [0.3, 0.4) is 0 Å². The number of nitrogens with one attached hydrogen (secondary N) is 2. The second kappa shape index (κ2) is 12.4. The van der Waals surface area contributed by atoms with Gasteiger partial charge in [0.15, 0.2) is 0 Å². The SMILES string of the molecule is CCOc1ccc(S(=O)(=O)N(CC(=O)Nc2ccc(S(=O)(=O)Nc3cccc(C)c3)cc2)c2ccc(C)cc2)cc1. The van der Waals surface area contributed by atoms with E-state index in [0.29, 0.717) is 29.4 Å². The summed E-state index contributed by atoms with van der Waals surface area (Å²) in [7, 11) is -7.97. The maximum Gasteiger partial charge on any atom is 0.264 e. The highest BCUT2D eigenvalue weighted by Crippen LogP contribution is 2.26. The first-order valence-electron chi connectivity index (χ1n) is 12.8. The van der Waals surface area contributed by atoms with E-state index in [-0.39, 0.29) is 9.79 Å². The molecule has 4 aromatic carbocycles. The first-order chi connectivity index (χ1) is 19.5. The van der Waals surface area contributed by atoms with E-state index < -0.39 is 32.5 Å². The quantitative estimate of drug-likeness (QED) is 0.242. The molecule has 214 valence electrons. The van der Waals surface area contributed by atoms with Gasteiger partial charge in [0, 0.05) is 11.4 Å². The molecule has 0 aliphatic carbocycles. The Labute approximate surface area is 240 Å². The van der Waals surface area contributed by atoms with Gasteiger partial charge in [-0.25, -0.2) is 16.8 Å². The lowest BCUT2D eigenvalue weighted by Gasteiger charge is -2.24. The average molecular weight is 594 g/mol. The number of hydrogen-bond donors (Lipinski definition) is 2. The molecule has 4 rings (SSSR count). The van der Waals surface area contributed by atoms with Crippen LogP contribution in [-0.4, -0.2) is 35.9 Å². The molecule has 41 heavy (non-hydrogen) atoms. The van der Waals surface area contributed by atoms with Crippen LogP contribution < -0.4 is 19.1 Å². The van der Waals surface area contributed by atoms with E-state index in [1.165, 1.54) is 36.4 Å². The van der Waals surface area contributed by atoms with Crippen LogP contribution >= 0.6 is 0 Å². The van der Waals surface area contributed by atoms with E-state index in [1.54, 1.807) is 54.6 Å². The summed E-state index contributed by atoms with van der Waals surface area (Å²) in [6, 6.07) is 25.4. The Hall–Kier alpha value is -4.35. The maximum absolute atomic E-state index is 13.6. The van der Waals surface area contributed by atoms with Crippen LogP contribution in [0.4, 0.5) is 17.1 Å². The Morgan fingerprint density at radius 2 is 1.39 bits per heavy atom. The van der Waals surface area contributed by atoms with Crippen molar-refractivity contribution in [3.8, 4) is 5.75 Å². The number of amides is 1. The van der Waals surface area contributed by atoms with Gasteiger partial charge in [-0.1, -0.05) is 29.8 Å². The van der Waals surface area contributed by atoms with Crippen LogP contribution in [0.25, 0.3) is 0 Å². The molecule has 0 saturated carbocycles. The van der Waals surface area contributed by atoms with Crippen molar-refractivity contribution in [3.05, 3.63) is 108 Å². The molecule has 0 fully saturated rings. The van der Waals surface area contributed by atoms with Crippen molar-refractivity contribution in [1.29, 1.82) is 0 Å². The van der Waals surface area contributed by atoms with Gasteiger partial charge in [-0.05, 0) is 99.1 Å². The van der Waals surface area contributed by atoms with Gasteiger partial charge < -0.3 is 10.1 Å². The molecule has 0 unspecified atom stereocenters. The predicted octanol–water partition coefficient (Wildman–Crippen LogP) is 5.34. The van der Waals surface area contributed by atoms with E-state index in [1.807, 2.05) is 26.8 Å². The third-order valence-electron chi connectivity index (χ3n) is 6.05. The van der Waals surface area contributed by atoms with Crippen LogP contribution in [0.15, 0.2) is 107 Å². The van der Waals surface area contributed by atoms with Crippen molar-refractivity contribution >= 4 is 43.0 Å². The minimum absolute atomic E-state index is 0.00463. The fraction of sp³-hybridized carbons (Fsp3) is 0.167. The zero-order valence-electron chi connectivity index (χ0n) is 22.9. The monoisotopic (exact) mass is 593 g/mol. The number of rotatable bonds is 11. The van der Waals surface area contributed by atoms with Crippen molar-refractivity contribution in [2.45, 2.75) is 30.6 Å². The summed E-state index contributed by atoms with van der Waals surface area (Å²) in [5.74, 6) is -0.0702. The summed E-state index contributed by atoms with van der Waals surface area (Å²) >= 11 is 0. The Morgan fingerprint density at radius 1 is 0.756 bits per heavy atom. The lowest BCUT2D eigenvalue weighted by Crippen LogP contribution is -2.38. The van der Waals surface area contributed by atoms with Gasteiger partial charge in [-0.3, -0.25) is 13.8 Å². The van der Waals surface area contributed by atoms with Crippen molar-refractivity contribution < 1.29 is 26.4 Å². The van der Waals surface area contributed by atoms with Gasteiger partial charge in [0.2, 0.25) is 5.91 Å². The molecule has 0 aliphatic heterocycles. The number of ether oxygens (including phenoxy) is 1. The fourth-order valence-electron chi connectivity index (χ4n) is 4.00. The van der Waals surface area contributed by atoms with Gasteiger partial charge >= 0.3 is 0 Å². The summed E-state index contributed by atoms with van der Waals surface area (Å²) in [6.07, 6.45) is 0. The topological polar surface area (TPSA) is 122 Å². The summed E-state index contributed by atoms with van der Waals surface area (Å²) in [6.45, 7) is 5.50. The van der Waals surface area contributed by atoms with Crippen molar-refractivity contribution in [1.82, 2.24) is 0 Å². The molecular formula is C30H31N3O6S2. The van der Waals surface area contributed by atoms with E-state index in [2.05, 4.69) is 10.0 Å². The van der Waals surface area contributed by atoms with Crippen molar-refractivity contribution in [2.75, 3.05) is 27.5 Å². The number of hydrogen-bond acceptors (Lipinski definition) is 6. The molecule has 0 aliphatic rings. The smallest absolute Gasteiger partial charge is 0.264 e. The van der Waals surface area contributed by atoms with Crippen LogP contribution in [-0.2, 0) is 24.8 Å². The maximum atomic E-state index is 13.6. The third-order valence-corrected chi connectivity index (χ3v) is 9.24. The zero-order valence-corrected chi connectivity index (χ0v) is 24.5. The summed E-state index contributed by atoms with van der Waals surface area (Å²) in [5, 5.41) is 2.66. The van der Waals surface area contributed by atoms with Crippen LogP contribution in [0, 0.1) is 13.8 Å². The van der Waals surface area contributed by atoms with Gasteiger partial charge in [0.25, 0.3) is 20.0 Å². The van der Waals surface area contributed by atoms with Crippen molar-refractivity contribution in [2.24, 2.45) is 0 Å². The number of carbonyl (C=O) groups excluding carboxylic acids is 1. The number of aryl methyl sites for hydroxylation is 2. The first-order valence-corrected chi connectivity index (χ1v) is 15.7. The Balaban J connectivity index is 1.52. The molecule has 2 N–H and O–H groups in total. The zero-order chi connectivity index (χ0) is 29.6. The second-order valence-electron chi connectivity index (χ2n) is 9.30. The van der Waals surface area contributed by atoms with Gasteiger partial charge in [-0.2, -0.15) is 0 Å². The number of benzene rings is 4. The molecule has 0 atom stereocenters. The van der Waals surface area contributed by atoms with Gasteiger partial charge in [0.05, 0.1) is 22.1 Å². The van der Waals surface area contributed by atoms with Gasteiger partial charge in [-0.15, -0.1) is 0 Å². The highest BCUT2D eigenvalue weighted by atomic mass is 32.2. The number of carbonyl (C=O) groups is 1. The molecule has 9 nitrogen and oxygen atoms in total. The lowest BCUT2D eigenvalue weighted by atomic mass is 10.2. The number of nitrogens with zero attached hydrogens (tertiary/aromatic N) is 1. The predicted molar refractivity (Wildman–Crippen MR) is 160 cm³/mol. The van der Waals surface area contributed by atoms with E-state index in [0.717, 1.165) is 15.4 Å². The number of sulfonamides is 2. The molecule has 11 heteroatoms. The van der Waals surface area contributed by atoms with Crippen molar-refractivity contribution in [3.63, 3.8) is 0 Å². The summed E-state index contributed by atoms with van der Waals surface area (Å²) < 4.78 is 61.8. The molecule has 0 spiro atoms. The molecule has 0 saturated heterocycles. The summed E-state index contributed by atoms with van der Waals surface area (Å²) in [4.78, 5) is 13.1. The van der Waals surface area contributed by atoms with Gasteiger partial charge in [0.1, 0.15) is 12.3 Å². The van der Waals surface area contributed by atoms with E-state index in [9.17, 15) is 21.6 Å². The minimum Gasteiger partial charge on any atom is -0.494 e. The largest absolute Gasteiger partial charge is 0.494 e. The lowest BCUT2D eigenvalue weighted by molar-refractivity contribution is -0.114. The molecule has 0 aromatic heterocycles. The van der Waals surface area contributed by atoms with Crippen LogP contribution in [0.2, 0.25) is 0 Å². The fourth-order valence-corrected chi connectivity index (χ4v) is 6.47. The molecule has 1 amide bonds. The van der Waals surface area contributed by atoms with E-state index in [4.69, 9.17) is 4.74 Å². The molecule has 4 aromatic rings. The van der Waals surface area contributed by atoms with E-state index >= 15 is 0 Å². The first kappa shape index (κ1) is 29.6. The minimum atomic E-state index is -4.12. The van der Waals surface area contributed by atoms with Crippen LogP contribution in [0.5, 0.6) is 5.75 Å².